The van der Waals surface area contributed by atoms with Gasteiger partial charge >= 0.3 is 5.97 Å². The number of hydrogen-bond donors (Lipinski definition) is 10. The molecule has 0 aliphatic carbocycles. The topological polar surface area (TPSA) is 304 Å². The molecule has 0 aliphatic rings. The lowest BCUT2D eigenvalue weighted by atomic mass is 10.0. The zero-order valence-electron chi connectivity index (χ0n) is 21.0. The van der Waals surface area contributed by atoms with Crippen molar-refractivity contribution >= 4 is 35.6 Å². The van der Waals surface area contributed by atoms with E-state index in [-0.39, 0.29) is 38.2 Å². The molecule has 0 saturated carbocycles. The predicted molar refractivity (Wildman–Crippen MR) is 134 cm³/mol. The van der Waals surface area contributed by atoms with Gasteiger partial charge in [0.15, 0.2) is 12.0 Å². The van der Waals surface area contributed by atoms with Gasteiger partial charge in [-0.25, -0.2) is 4.79 Å². The molecule has 0 rings (SSSR count). The highest BCUT2D eigenvalue weighted by molar-refractivity contribution is 5.94. The Kier molecular flexibility index (Phi) is 16.2. The summed E-state index contributed by atoms with van der Waals surface area (Å²) >= 11 is 0. The third kappa shape index (κ3) is 14.6. The number of nitrogens with one attached hydrogen (secondary N) is 3. The second-order valence-corrected chi connectivity index (χ2v) is 8.53. The Bertz CT molecular complexity index is 803. The van der Waals surface area contributed by atoms with Crippen molar-refractivity contribution in [2.24, 2.45) is 33.7 Å². The maximum absolute atomic E-state index is 13.0. The summed E-state index contributed by atoms with van der Waals surface area (Å²) in [4.78, 5) is 64.8. The van der Waals surface area contributed by atoms with E-state index in [2.05, 4.69) is 20.9 Å². The highest BCUT2D eigenvalue weighted by Gasteiger charge is 2.31. The maximum atomic E-state index is 13.0. The molecule has 0 aromatic heterocycles. The van der Waals surface area contributed by atoms with Crippen LogP contribution in [0.5, 0.6) is 0 Å². The smallest absolute Gasteiger partial charge is 0.328 e. The summed E-state index contributed by atoms with van der Waals surface area (Å²) in [6, 6.07) is -5.09. The molecule has 0 aromatic rings. The van der Waals surface area contributed by atoms with Crippen LogP contribution in [0.3, 0.4) is 0 Å². The fourth-order valence-electron chi connectivity index (χ4n) is 3.16. The maximum Gasteiger partial charge on any atom is 0.328 e. The molecule has 0 aliphatic heterocycles. The summed E-state index contributed by atoms with van der Waals surface area (Å²) in [6.07, 6.45) is -0.189. The second kappa shape index (κ2) is 17.9. The first-order chi connectivity index (χ1) is 17.3. The summed E-state index contributed by atoms with van der Waals surface area (Å²) < 4.78 is 0. The van der Waals surface area contributed by atoms with Crippen molar-refractivity contribution in [1.29, 1.82) is 0 Å². The van der Waals surface area contributed by atoms with Crippen molar-refractivity contribution in [3.05, 3.63) is 0 Å². The number of nitrogens with zero attached hydrogens (tertiary/aromatic N) is 1. The molecule has 5 atom stereocenters. The summed E-state index contributed by atoms with van der Waals surface area (Å²) in [5.74, 6) is -4.62. The molecule has 5 unspecified atom stereocenters. The SMILES string of the molecule is CC(O)C(NC(=O)C(CCCCN)NC(=O)C(CCC(N)=O)NC(=O)C(N)CCCN=C(N)N)C(=O)O. The fourth-order valence-corrected chi connectivity index (χ4v) is 3.16. The minimum atomic E-state index is -1.61. The number of nitrogens with two attached hydrogens (primary N) is 5. The fraction of sp³-hybridized carbons (Fsp3) is 0.714. The Morgan fingerprint density at radius 3 is 1.92 bits per heavy atom. The average Bonchev–Trinajstić information content (AvgIpc) is 2.80. The number of guanidine groups is 1. The highest BCUT2D eigenvalue weighted by atomic mass is 16.4. The minimum absolute atomic E-state index is 0.0989. The van der Waals surface area contributed by atoms with Crippen LogP contribution in [0.25, 0.3) is 0 Å². The number of aliphatic carboxylic acids is 1. The largest absolute Gasteiger partial charge is 0.480 e. The molecule has 0 bridgehead atoms. The summed E-state index contributed by atoms with van der Waals surface area (Å²) in [6.45, 7) is 1.77. The van der Waals surface area contributed by atoms with Crippen LogP contribution in [0.4, 0.5) is 0 Å². The number of amides is 4. The van der Waals surface area contributed by atoms with Crippen LogP contribution in [0.2, 0.25) is 0 Å². The van der Waals surface area contributed by atoms with Crippen LogP contribution in [0, 0.1) is 0 Å². The Balaban J connectivity index is 5.49. The highest BCUT2D eigenvalue weighted by Crippen LogP contribution is 2.06. The molecule has 212 valence electrons. The standard InChI is InChI=1S/C21H41N9O7/c1-11(31)16(20(36)37)30-19(35)13(6-2-3-9-22)29-18(34)14(7-8-15(24)32)28-17(33)12(23)5-4-10-27-21(25)26/h11-14,16,31H,2-10,22-23H2,1H3,(H2,24,32)(H,28,33)(H,29,34)(H,30,35)(H,36,37)(H4,25,26,27). The van der Waals surface area contributed by atoms with Gasteiger partial charge in [0.25, 0.3) is 0 Å². The van der Waals surface area contributed by atoms with E-state index in [1.165, 1.54) is 6.92 Å². The van der Waals surface area contributed by atoms with Crippen LogP contribution >= 0.6 is 0 Å². The predicted octanol–water partition coefficient (Wildman–Crippen LogP) is -4.32. The number of hydrogen-bond acceptors (Lipinski definition) is 9. The lowest BCUT2D eigenvalue weighted by molar-refractivity contribution is -0.145. The van der Waals surface area contributed by atoms with Crippen molar-refractivity contribution < 1.29 is 34.2 Å². The zero-order valence-corrected chi connectivity index (χ0v) is 21.0. The van der Waals surface area contributed by atoms with E-state index in [9.17, 15) is 34.2 Å². The monoisotopic (exact) mass is 531 g/mol. The van der Waals surface area contributed by atoms with Crippen molar-refractivity contribution in [3.63, 3.8) is 0 Å². The Labute approximate surface area is 215 Å². The van der Waals surface area contributed by atoms with E-state index in [0.29, 0.717) is 25.8 Å². The molecule has 0 radical (unpaired) electrons. The molecule has 0 aromatic carbocycles. The number of carbonyl (C=O) groups excluding carboxylic acids is 4. The number of primary amides is 1. The molecule has 16 nitrogen and oxygen atoms in total. The first-order valence-corrected chi connectivity index (χ1v) is 11.9. The molecule has 0 saturated heterocycles. The van der Waals surface area contributed by atoms with Crippen LogP contribution in [-0.2, 0) is 24.0 Å². The molecule has 0 fully saturated rings. The summed E-state index contributed by atoms with van der Waals surface area (Å²) in [5.41, 5.74) is 27.0. The van der Waals surface area contributed by atoms with Gasteiger partial charge < -0.3 is 54.8 Å². The van der Waals surface area contributed by atoms with Crippen LogP contribution < -0.4 is 44.6 Å². The van der Waals surface area contributed by atoms with E-state index in [4.69, 9.17) is 28.7 Å². The van der Waals surface area contributed by atoms with Crippen molar-refractivity contribution in [1.82, 2.24) is 16.0 Å². The van der Waals surface area contributed by atoms with Crippen LogP contribution in [0.15, 0.2) is 4.99 Å². The number of rotatable bonds is 19. The van der Waals surface area contributed by atoms with E-state index >= 15 is 0 Å². The van der Waals surface area contributed by atoms with Gasteiger partial charge in [-0.3, -0.25) is 24.2 Å². The summed E-state index contributed by atoms with van der Waals surface area (Å²) in [5, 5.41) is 26.0. The minimum Gasteiger partial charge on any atom is -0.480 e. The van der Waals surface area contributed by atoms with Crippen molar-refractivity contribution in [3.8, 4) is 0 Å². The molecule has 16 heteroatoms. The Morgan fingerprint density at radius 2 is 1.41 bits per heavy atom. The number of aliphatic imine (C=N–C) groups is 1. The van der Waals surface area contributed by atoms with Gasteiger partial charge in [0.05, 0.1) is 12.1 Å². The zero-order chi connectivity index (χ0) is 28.5. The van der Waals surface area contributed by atoms with Gasteiger partial charge in [-0.05, 0) is 52.0 Å². The van der Waals surface area contributed by atoms with E-state index in [1.807, 2.05) is 0 Å². The van der Waals surface area contributed by atoms with Gasteiger partial charge in [0, 0.05) is 13.0 Å². The van der Waals surface area contributed by atoms with Crippen LogP contribution in [0.1, 0.15) is 51.9 Å². The second-order valence-electron chi connectivity index (χ2n) is 8.53. The summed E-state index contributed by atoms with van der Waals surface area (Å²) in [7, 11) is 0. The van der Waals surface area contributed by atoms with Gasteiger partial charge in [-0.1, -0.05) is 0 Å². The molecule has 4 amide bonds. The lowest BCUT2D eigenvalue weighted by Crippen LogP contribution is -2.58. The van der Waals surface area contributed by atoms with Gasteiger partial charge in [-0.15, -0.1) is 0 Å². The molecule has 15 N–H and O–H groups in total. The van der Waals surface area contributed by atoms with Gasteiger partial charge in [0.2, 0.25) is 23.6 Å². The number of aliphatic hydroxyl groups is 1. The van der Waals surface area contributed by atoms with E-state index in [0.717, 1.165) is 0 Å². The first-order valence-electron chi connectivity index (χ1n) is 11.9. The number of carboxylic acids is 1. The molecular formula is C21H41N9O7. The first kappa shape index (κ1) is 33.5. The van der Waals surface area contributed by atoms with Crippen LogP contribution in [-0.4, -0.2) is 89.1 Å². The van der Waals surface area contributed by atoms with E-state index < -0.39 is 59.9 Å². The third-order valence-corrected chi connectivity index (χ3v) is 5.24. The molecule has 0 spiro atoms. The normalized spacial score (nSPS) is 14.8. The third-order valence-electron chi connectivity index (χ3n) is 5.24. The Morgan fingerprint density at radius 1 is 0.838 bits per heavy atom. The van der Waals surface area contributed by atoms with Gasteiger partial charge in [0.1, 0.15) is 12.1 Å². The van der Waals surface area contributed by atoms with Crippen molar-refractivity contribution in [2.45, 2.75) is 82.1 Å². The number of aliphatic hydroxyl groups excluding tert-OH is 1. The molecular weight excluding hydrogens is 490 g/mol. The average molecular weight is 532 g/mol. The molecule has 0 heterocycles. The number of carbonyl (C=O) groups is 5. The quantitative estimate of drug-likeness (QED) is 0.0431. The lowest BCUT2D eigenvalue weighted by Gasteiger charge is -2.25. The number of unbranched alkanes of at least 4 members (excludes halogenated alkanes) is 1. The Hall–Kier alpha value is -3.50. The number of carboxylic acid groups (broad SMARTS) is 1. The van der Waals surface area contributed by atoms with Crippen molar-refractivity contribution in [2.75, 3.05) is 13.1 Å². The van der Waals surface area contributed by atoms with E-state index in [1.54, 1.807) is 0 Å². The van der Waals surface area contributed by atoms with Gasteiger partial charge in [-0.2, -0.15) is 0 Å². The molecule has 37 heavy (non-hydrogen) atoms.